The Morgan fingerprint density at radius 3 is 2.70 bits per heavy atom. The zero-order chi connectivity index (χ0) is 23.2. The minimum atomic E-state index is -1.04. The van der Waals surface area contributed by atoms with E-state index in [1.165, 1.54) is 6.42 Å². The Balaban J connectivity index is 1.51. The Labute approximate surface area is 193 Å². The minimum Gasteiger partial charge on any atom is -0.497 e. The van der Waals surface area contributed by atoms with E-state index in [4.69, 9.17) is 9.15 Å². The molecule has 0 spiro atoms. The van der Waals surface area contributed by atoms with Crippen LogP contribution in [0.1, 0.15) is 55.6 Å². The van der Waals surface area contributed by atoms with Crippen molar-refractivity contribution in [2.45, 2.75) is 64.2 Å². The summed E-state index contributed by atoms with van der Waals surface area (Å²) in [7, 11) is 1.63. The molecule has 2 aromatic heterocycles. The van der Waals surface area contributed by atoms with Gasteiger partial charge in [-0.15, -0.1) is 0 Å². The number of furan rings is 1. The third-order valence-electron chi connectivity index (χ3n) is 7.47. The average molecular weight is 450 g/mol. The molecule has 0 saturated heterocycles. The van der Waals surface area contributed by atoms with E-state index in [2.05, 4.69) is 12.2 Å². The van der Waals surface area contributed by atoms with E-state index >= 15 is 0 Å². The number of carbonyl (C=O) groups excluding carboxylic acids is 2. The highest BCUT2D eigenvalue weighted by atomic mass is 16.5. The number of benzene rings is 1. The van der Waals surface area contributed by atoms with Gasteiger partial charge in [-0.2, -0.15) is 0 Å². The standard InChI is InChI=1S/C26H31N3O4/c1-17-6-4-5-7-20(17)27-25(31)26(2)16-28-21-12-13-33-23(21)14-22(28)24(30)29(26)15-18-8-10-19(32-3)11-9-18/h8-14,17,20H,4-7,15-16H2,1-3H3,(H,27,31). The molecule has 3 aromatic rings. The van der Waals surface area contributed by atoms with Crippen LogP contribution in [-0.2, 0) is 17.9 Å². The SMILES string of the molecule is COc1ccc(CN2C(=O)c3cc4occc4n3CC2(C)C(=O)NC2CCCCC2C)cc1. The lowest BCUT2D eigenvalue weighted by molar-refractivity contribution is -0.134. The number of nitrogens with one attached hydrogen (secondary N) is 1. The van der Waals surface area contributed by atoms with Crippen LogP contribution < -0.4 is 10.1 Å². The predicted octanol–water partition coefficient (Wildman–Crippen LogP) is 4.35. The van der Waals surface area contributed by atoms with E-state index in [9.17, 15) is 9.59 Å². The average Bonchev–Trinajstić information content (AvgIpc) is 3.41. The first-order valence-electron chi connectivity index (χ1n) is 11.7. The van der Waals surface area contributed by atoms with Crippen LogP contribution in [0.25, 0.3) is 11.1 Å². The first kappa shape index (κ1) is 21.6. The van der Waals surface area contributed by atoms with Gasteiger partial charge < -0.3 is 23.9 Å². The summed E-state index contributed by atoms with van der Waals surface area (Å²) < 4.78 is 12.7. The molecule has 3 heterocycles. The fourth-order valence-electron chi connectivity index (χ4n) is 5.29. The van der Waals surface area contributed by atoms with E-state index in [-0.39, 0.29) is 17.9 Å². The molecular formula is C26H31N3O4. The summed E-state index contributed by atoms with van der Waals surface area (Å²) in [4.78, 5) is 29.3. The topological polar surface area (TPSA) is 76.7 Å². The van der Waals surface area contributed by atoms with Crippen molar-refractivity contribution < 1.29 is 18.7 Å². The molecule has 5 rings (SSSR count). The number of rotatable bonds is 5. The number of aromatic nitrogens is 1. The summed E-state index contributed by atoms with van der Waals surface area (Å²) in [6.07, 6.45) is 6.05. The van der Waals surface area contributed by atoms with Gasteiger partial charge in [0.2, 0.25) is 5.91 Å². The van der Waals surface area contributed by atoms with Crippen molar-refractivity contribution in [2.24, 2.45) is 5.92 Å². The van der Waals surface area contributed by atoms with Crippen LogP contribution in [0.2, 0.25) is 0 Å². The molecule has 1 fully saturated rings. The van der Waals surface area contributed by atoms with Crippen LogP contribution in [0, 0.1) is 5.92 Å². The van der Waals surface area contributed by atoms with Crippen molar-refractivity contribution in [3.8, 4) is 5.75 Å². The molecule has 3 unspecified atom stereocenters. The molecule has 33 heavy (non-hydrogen) atoms. The molecule has 0 radical (unpaired) electrons. The quantitative estimate of drug-likeness (QED) is 0.628. The van der Waals surface area contributed by atoms with Crippen molar-refractivity contribution in [3.05, 3.63) is 53.9 Å². The predicted molar refractivity (Wildman–Crippen MR) is 125 cm³/mol. The normalized spacial score (nSPS) is 25.2. The first-order chi connectivity index (χ1) is 15.9. The van der Waals surface area contributed by atoms with Gasteiger partial charge >= 0.3 is 0 Å². The lowest BCUT2D eigenvalue weighted by Crippen LogP contribution is -2.65. The highest BCUT2D eigenvalue weighted by Gasteiger charge is 2.48. The first-order valence-corrected chi connectivity index (χ1v) is 11.7. The Bertz CT molecular complexity index is 1180. The third-order valence-corrected chi connectivity index (χ3v) is 7.47. The summed E-state index contributed by atoms with van der Waals surface area (Å²) in [6, 6.07) is 11.4. The van der Waals surface area contributed by atoms with Crippen LogP contribution in [-0.4, -0.2) is 40.0 Å². The van der Waals surface area contributed by atoms with E-state index in [0.29, 0.717) is 30.3 Å². The smallest absolute Gasteiger partial charge is 0.271 e. The molecular weight excluding hydrogens is 418 g/mol. The fraction of sp³-hybridized carbons (Fsp3) is 0.462. The largest absolute Gasteiger partial charge is 0.497 e. The van der Waals surface area contributed by atoms with E-state index in [1.807, 2.05) is 41.8 Å². The Morgan fingerprint density at radius 2 is 1.97 bits per heavy atom. The zero-order valence-corrected chi connectivity index (χ0v) is 19.5. The van der Waals surface area contributed by atoms with Gasteiger partial charge in [-0.05, 0) is 43.4 Å². The van der Waals surface area contributed by atoms with Crippen LogP contribution >= 0.6 is 0 Å². The zero-order valence-electron chi connectivity index (χ0n) is 19.5. The minimum absolute atomic E-state index is 0.0980. The van der Waals surface area contributed by atoms with E-state index in [1.54, 1.807) is 24.3 Å². The van der Waals surface area contributed by atoms with Crippen LogP contribution in [0.4, 0.5) is 0 Å². The van der Waals surface area contributed by atoms with Gasteiger partial charge in [0, 0.05) is 24.7 Å². The number of hydrogen-bond acceptors (Lipinski definition) is 4. The molecule has 1 aliphatic heterocycles. The molecule has 7 nitrogen and oxygen atoms in total. The second kappa shape index (κ2) is 8.28. The Hall–Kier alpha value is -3.22. The van der Waals surface area contributed by atoms with E-state index < -0.39 is 5.54 Å². The highest BCUT2D eigenvalue weighted by molar-refractivity contribution is 6.02. The molecule has 7 heteroatoms. The number of fused-ring (bicyclic) bond motifs is 3. The van der Waals surface area contributed by atoms with Crippen molar-refractivity contribution >= 4 is 22.9 Å². The van der Waals surface area contributed by atoms with Crippen LogP contribution in [0.5, 0.6) is 5.75 Å². The van der Waals surface area contributed by atoms with Gasteiger partial charge in [0.1, 0.15) is 17.0 Å². The monoisotopic (exact) mass is 449 g/mol. The van der Waals surface area contributed by atoms with E-state index in [0.717, 1.165) is 36.1 Å². The molecule has 1 aromatic carbocycles. The Kier molecular flexibility index (Phi) is 5.43. The van der Waals surface area contributed by atoms with Gasteiger partial charge in [0.05, 0.1) is 25.4 Å². The van der Waals surface area contributed by atoms with Crippen LogP contribution in [0.3, 0.4) is 0 Å². The number of nitrogens with zero attached hydrogens (tertiary/aromatic N) is 2. The summed E-state index contributed by atoms with van der Waals surface area (Å²) in [5.74, 6) is 0.921. The maximum Gasteiger partial charge on any atom is 0.271 e. The second-order valence-electron chi connectivity index (χ2n) is 9.64. The second-order valence-corrected chi connectivity index (χ2v) is 9.64. The maximum atomic E-state index is 13.8. The van der Waals surface area contributed by atoms with Crippen molar-refractivity contribution in [3.63, 3.8) is 0 Å². The molecule has 1 saturated carbocycles. The molecule has 1 aliphatic carbocycles. The van der Waals surface area contributed by atoms with Crippen molar-refractivity contribution in [1.82, 2.24) is 14.8 Å². The highest BCUT2D eigenvalue weighted by Crippen LogP contribution is 2.35. The number of hydrogen-bond donors (Lipinski definition) is 1. The molecule has 0 bridgehead atoms. The summed E-state index contributed by atoms with van der Waals surface area (Å²) in [5, 5.41) is 3.31. The maximum absolute atomic E-state index is 13.8. The number of ether oxygens (including phenoxy) is 1. The molecule has 174 valence electrons. The van der Waals surface area contributed by atoms with Gasteiger partial charge in [0.25, 0.3) is 5.91 Å². The van der Waals surface area contributed by atoms with Crippen molar-refractivity contribution in [1.29, 1.82) is 0 Å². The van der Waals surface area contributed by atoms with Gasteiger partial charge in [-0.3, -0.25) is 9.59 Å². The lowest BCUT2D eigenvalue weighted by Gasteiger charge is -2.45. The molecule has 3 atom stereocenters. The molecule has 2 aliphatic rings. The third kappa shape index (κ3) is 3.69. The van der Waals surface area contributed by atoms with Gasteiger partial charge in [0.15, 0.2) is 5.58 Å². The number of methoxy groups -OCH3 is 1. The summed E-state index contributed by atoms with van der Waals surface area (Å²) in [6.45, 7) is 4.79. The lowest BCUT2D eigenvalue weighted by atomic mass is 9.85. The van der Waals surface area contributed by atoms with Crippen molar-refractivity contribution in [2.75, 3.05) is 7.11 Å². The summed E-state index contributed by atoms with van der Waals surface area (Å²) >= 11 is 0. The molecule has 1 N–H and O–H groups in total. The van der Waals surface area contributed by atoms with Gasteiger partial charge in [-0.25, -0.2) is 0 Å². The molecule has 2 amide bonds. The fourth-order valence-corrected chi connectivity index (χ4v) is 5.29. The van der Waals surface area contributed by atoms with Crippen LogP contribution in [0.15, 0.2) is 47.1 Å². The summed E-state index contributed by atoms with van der Waals surface area (Å²) in [5.41, 5.74) is 1.96. The number of amides is 2. The van der Waals surface area contributed by atoms with Gasteiger partial charge in [-0.1, -0.05) is 31.9 Å². The number of carbonyl (C=O) groups is 2. The Morgan fingerprint density at radius 1 is 1.21 bits per heavy atom.